The zero-order valence-corrected chi connectivity index (χ0v) is 15.5. The first-order valence-corrected chi connectivity index (χ1v) is 8.67. The fourth-order valence-electron chi connectivity index (χ4n) is 3.26. The SMILES string of the molecule is Cc1c(C#N)c(NC(=O)c2cccc(F)c2)n(C(C)c2ccccc2)c1C. The van der Waals surface area contributed by atoms with E-state index in [0.29, 0.717) is 11.4 Å². The third-order valence-electron chi connectivity index (χ3n) is 4.86. The molecule has 1 heterocycles. The summed E-state index contributed by atoms with van der Waals surface area (Å²) in [6.07, 6.45) is 0. The number of halogens is 1. The highest BCUT2D eigenvalue weighted by molar-refractivity contribution is 6.04. The first kappa shape index (κ1) is 18.4. The van der Waals surface area contributed by atoms with Crippen molar-refractivity contribution >= 4 is 11.7 Å². The van der Waals surface area contributed by atoms with Crippen LogP contribution in [-0.4, -0.2) is 10.5 Å². The van der Waals surface area contributed by atoms with Gasteiger partial charge in [-0.05, 0) is 50.1 Å². The Hall–Kier alpha value is -3.39. The summed E-state index contributed by atoms with van der Waals surface area (Å²) in [5, 5.41) is 12.5. The molecule has 0 fully saturated rings. The quantitative estimate of drug-likeness (QED) is 0.713. The molecule has 0 aliphatic rings. The van der Waals surface area contributed by atoms with E-state index in [1.165, 1.54) is 24.3 Å². The first-order valence-electron chi connectivity index (χ1n) is 8.67. The molecule has 4 nitrogen and oxygen atoms in total. The lowest BCUT2D eigenvalue weighted by Crippen LogP contribution is -2.19. The van der Waals surface area contributed by atoms with E-state index in [9.17, 15) is 14.4 Å². The van der Waals surface area contributed by atoms with Crippen LogP contribution in [0.2, 0.25) is 0 Å². The summed E-state index contributed by atoms with van der Waals surface area (Å²) in [7, 11) is 0. The van der Waals surface area contributed by atoms with Crippen LogP contribution in [0.3, 0.4) is 0 Å². The Morgan fingerprint density at radius 3 is 2.48 bits per heavy atom. The van der Waals surface area contributed by atoms with Crippen LogP contribution in [0.4, 0.5) is 10.2 Å². The molecule has 1 aromatic heterocycles. The molecule has 1 atom stereocenters. The predicted octanol–water partition coefficient (Wildman–Crippen LogP) is 4.98. The van der Waals surface area contributed by atoms with Crippen molar-refractivity contribution in [3.05, 3.63) is 88.4 Å². The van der Waals surface area contributed by atoms with E-state index in [2.05, 4.69) is 11.4 Å². The Morgan fingerprint density at radius 1 is 1.15 bits per heavy atom. The van der Waals surface area contributed by atoms with Gasteiger partial charge in [0.15, 0.2) is 0 Å². The molecule has 1 amide bonds. The summed E-state index contributed by atoms with van der Waals surface area (Å²) in [6, 6.07) is 17.4. The van der Waals surface area contributed by atoms with Crippen LogP contribution < -0.4 is 5.32 Å². The second kappa shape index (κ2) is 7.46. The van der Waals surface area contributed by atoms with Crippen LogP contribution in [0, 0.1) is 31.0 Å². The standard InChI is InChI=1S/C22H20FN3O/c1-14-15(2)26(16(3)17-8-5-4-6-9-17)21(20(14)13-24)25-22(27)18-10-7-11-19(23)12-18/h4-12,16H,1-3H3,(H,25,27). The van der Waals surface area contributed by atoms with Crippen molar-refractivity contribution in [1.82, 2.24) is 4.57 Å². The smallest absolute Gasteiger partial charge is 0.256 e. The molecule has 0 aliphatic heterocycles. The molecule has 0 radical (unpaired) electrons. The van der Waals surface area contributed by atoms with Crippen LogP contribution in [0.5, 0.6) is 0 Å². The first-order chi connectivity index (χ1) is 12.9. The number of hydrogen-bond donors (Lipinski definition) is 1. The Balaban J connectivity index is 2.08. The van der Waals surface area contributed by atoms with Crippen LogP contribution in [-0.2, 0) is 0 Å². The number of nitrogens with one attached hydrogen (secondary N) is 1. The van der Waals surface area contributed by atoms with Gasteiger partial charge in [0.25, 0.3) is 5.91 Å². The monoisotopic (exact) mass is 361 g/mol. The van der Waals surface area contributed by atoms with Gasteiger partial charge in [-0.3, -0.25) is 4.79 Å². The van der Waals surface area contributed by atoms with Crippen molar-refractivity contribution < 1.29 is 9.18 Å². The molecular formula is C22H20FN3O. The third kappa shape index (κ3) is 3.47. The number of nitrogens with zero attached hydrogens (tertiary/aromatic N) is 2. The van der Waals surface area contributed by atoms with Gasteiger partial charge in [0.1, 0.15) is 17.7 Å². The second-order valence-corrected chi connectivity index (χ2v) is 6.47. The number of aromatic nitrogens is 1. The highest BCUT2D eigenvalue weighted by atomic mass is 19.1. The van der Waals surface area contributed by atoms with E-state index < -0.39 is 11.7 Å². The van der Waals surface area contributed by atoms with Crippen molar-refractivity contribution in [2.45, 2.75) is 26.8 Å². The summed E-state index contributed by atoms with van der Waals surface area (Å²) in [6.45, 7) is 5.80. The van der Waals surface area contributed by atoms with Crippen molar-refractivity contribution in [2.75, 3.05) is 5.32 Å². The minimum atomic E-state index is -0.483. The van der Waals surface area contributed by atoms with Crippen LogP contribution in [0.1, 0.15) is 45.7 Å². The predicted molar refractivity (Wildman–Crippen MR) is 103 cm³/mol. The number of benzene rings is 2. The van der Waals surface area contributed by atoms with E-state index in [4.69, 9.17) is 0 Å². The van der Waals surface area contributed by atoms with Crippen molar-refractivity contribution in [3.8, 4) is 6.07 Å². The Morgan fingerprint density at radius 2 is 1.85 bits per heavy atom. The molecule has 0 bridgehead atoms. The average molecular weight is 361 g/mol. The largest absolute Gasteiger partial charge is 0.323 e. The fourth-order valence-corrected chi connectivity index (χ4v) is 3.26. The van der Waals surface area contributed by atoms with Gasteiger partial charge in [-0.15, -0.1) is 0 Å². The summed E-state index contributed by atoms with van der Waals surface area (Å²) < 4.78 is 15.4. The fraction of sp³-hybridized carbons (Fsp3) is 0.182. The number of carbonyl (C=O) groups excluding carboxylic acids is 1. The van der Waals surface area contributed by atoms with Crippen molar-refractivity contribution in [2.24, 2.45) is 0 Å². The zero-order chi connectivity index (χ0) is 19.6. The molecule has 0 spiro atoms. The molecule has 0 aliphatic carbocycles. The van der Waals surface area contributed by atoms with Gasteiger partial charge < -0.3 is 9.88 Å². The Bertz CT molecular complexity index is 1030. The number of rotatable bonds is 4. The number of carbonyl (C=O) groups is 1. The molecule has 2 aromatic carbocycles. The van der Waals surface area contributed by atoms with E-state index in [0.717, 1.165) is 16.8 Å². The molecule has 5 heteroatoms. The Labute approximate surface area is 157 Å². The van der Waals surface area contributed by atoms with Gasteiger partial charge in [0.2, 0.25) is 0 Å². The number of nitriles is 1. The summed E-state index contributed by atoms with van der Waals surface area (Å²) >= 11 is 0. The van der Waals surface area contributed by atoms with Crippen LogP contribution >= 0.6 is 0 Å². The van der Waals surface area contributed by atoms with Gasteiger partial charge in [-0.1, -0.05) is 36.4 Å². The number of hydrogen-bond acceptors (Lipinski definition) is 2. The van der Waals surface area contributed by atoms with Gasteiger partial charge in [0, 0.05) is 11.3 Å². The third-order valence-corrected chi connectivity index (χ3v) is 4.86. The molecule has 3 rings (SSSR count). The molecule has 0 saturated heterocycles. The van der Waals surface area contributed by atoms with Gasteiger partial charge in [0.05, 0.1) is 11.6 Å². The number of amides is 1. The summed E-state index contributed by atoms with van der Waals surface area (Å²) in [5.74, 6) is -0.508. The lowest BCUT2D eigenvalue weighted by molar-refractivity contribution is 0.102. The maximum atomic E-state index is 13.5. The molecule has 3 aromatic rings. The average Bonchev–Trinajstić information content (AvgIpc) is 2.91. The molecule has 0 saturated carbocycles. The van der Waals surface area contributed by atoms with Gasteiger partial charge in [-0.2, -0.15) is 5.26 Å². The normalized spacial score (nSPS) is 11.7. The zero-order valence-electron chi connectivity index (χ0n) is 15.5. The van der Waals surface area contributed by atoms with Crippen LogP contribution in [0.15, 0.2) is 54.6 Å². The minimum absolute atomic E-state index is 0.0881. The maximum Gasteiger partial charge on any atom is 0.256 e. The lowest BCUT2D eigenvalue weighted by Gasteiger charge is -2.20. The number of anilines is 1. The Kier molecular flexibility index (Phi) is 5.09. The summed E-state index contributed by atoms with van der Waals surface area (Å²) in [4.78, 5) is 12.7. The minimum Gasteiger partial charge on any atom is -0.323 e. The highest BCUT2D eigenvalue weighted by Gasteiger charge is 2.23. The molecule has 136 valence electrons. The topological polar surface area (TPSA) is 57.8 Å². The van der Waals surface area contributed by atoms with E-state index >= 15 is 0 Å². The van der Waals surface area contributed by atoms with Crippen molar-refractivity contribution in [1.29, 1.82) is 5.26 Å². The highest BCUT2D eigenvalue weighted by Crippen LogP contribution is 2.33. The van der Waals surface area contributed by atoms with Gasteiger partial charge in [-0.25, -0.2) is 4.39 Å². The van der Waals surface area contributed by atoms with E-state index in [-0.39, 0.29) is 11.6 Å². The molecule has 1 N–H and O–H groups in total. The van der Waals surface area contributed by atoms with E-state index in [1.54, 1.807) is 0 Å². The second-order valence-electron chi connectivity index (χ2n) is 6.47. The van der Waals surface area contributed by atoms with Gasteiger partial charge >= 0.3 is 0 Å². The lowest BCUT2D eigenvalue weighted by atomic mass is 10.1. The molecule has 27 heavy (non-hydrogen) atoms. The van der Waals surface area contributed by atoms with Crippen LogP contribution in [0.25, 0.3) is 0 Å². The molecule has 1 unspecified atom stereocenters. The summed E-state index contributed by atoms with van der Waals surface area (Å²) in [5.41, 5.74) is 3.39. The van der Waals surface area contributed by atoms with Crippen molar-refractivity contribution in [3.63, 3.8) is 0 Å². The molecular weight excluding hydrogens is 341 g/mol. The maximum absolute atomic E-state index is 13.5. The van der Waals surface area contributed by atoms with E-state index in [1.807, 2.05) is 55.7 Å².